The lowest BCUT2D eigenvalue weighted by Crippen LogP contribution is -2.45. The van der Waals surface area contributed by atoms with Crippen LogP contribution in [0.5, 0.6) is 0 Å². The number of hydrogen-bond acceptors (Lipinski definition) is 2. The average Bonchev–Trinajstić information content (AvgIpc) is 2.35. The van der Waals surface area contributed by atoms with Crippen molar-refractivity contribution in [3.05, 3.63) is 35.6 Å². The highest BCUT2D eigenvalue weighted by Gasteiger charge is 2.35. The number of hydrogen-bond donors (Lipinski definition) is 1. The SMILES string of the molecule is CCN(CCO)C(=O)C(C)(C)c1ccccc1F. The number of amides is 1. The van der Waals surface area contributed by atoms with E-state index < -0.39 is 5.41 Å². The Morgan fingerprint density at radius 2 is 2.00 bits per heavy atom. The minimum absolute atomic E-state index is 0.0903. The first kappa shape index (κ1) is 14.6. The lowest BCUT2D eigenvalue weighted by Gasteiger charge is -2.31. The van der Waals surface area contributed by atoms with Crippen LogP contribution in [0, 0.1) is 5.82 Å². The zero-order valence-electron chi connectivity index (χ0n) is 11.1. The predicted molar refractivity (Wildman–Crippen MR) is 68.8 cm³/mol. The lowest BCUT2D eigenvalue weighted by atomic mass is 9.82. The van der Waals surface area contributed by atoms with Gasteiger partial charge in [-0.1, -0.05) is 18.2 Å². The molecule has 0 saturated heterocycles. The van der Waals surface area contributed by atoms with Gasteiger partial charge in [-0.25, -0.2) is 4.39 Å². The van der Waals surface area contributed by atoms with E-state index in [2.05, 4.69) is 0 Å². The third kappa shape index (κ3) is 2.88. The summed E-state index contributed by atoms with van der Waals surface area (Å²) in [6, 6.07) is 6.30. The van der Waals surface area contributed by atoms with E-state index in [1.54, 1.807) is 32.0 Å². The Kier molecular flexibility index (Phi) is 4.84. The summed E-state index contributed by atoms with van der Waals surface area (Å²) >= 11 is 0. The highest BCUT2D eigenvalue weighted by molar-refractivity contribution is 5.87. The summed E-state index contributed by atoms with van der Waals surface area (Å²) in [5.74, 6) is -0.556. The van der Waals surface area contributed by atoms with E-state index in [1.807, 2.05) is 6.92 Å². The molecule has 0 aromatic heterocycles. The molecule has 1 aromatic carbocycles. The standard InChI is InChI=1S/C14H20FNO2/c1-4-16(9-10-17)13(18)14(2,3)11-7-5-6-8-12(11)15/h5-8,17H,4,9-10H2,1-3H3. The minimum Gasteiger partial charge on any atom is -0.395 e. The minimum atomic E-state index is -0.934. The highest BCUT2D eigenvalue weighted by atomic mass is 19.1. The van der Waals surface area contributed by atoms with Gasteiger partial charge in [0.25, 0.3) is 0 Å². The van der Waals surface area contributed by atoms with Crippen LogP contribution in [0.15, 0.2) is 24.3 Å². The molecule has 0 aliphatic heterocycles. The molecule has 0 aliphatic rings. The first-order chi connectivity index (χ1) is 8.45. The van der Waals surface area contributed by atoms with Crippen molar-refractivity contribution in [1.82, 2.24) is 4.90 Å². The van der Waals surface area contributed by atoms with Gasteiger partial charge in [-0.2, -0.15) is 0 Å². The van der Waals surface area contributed by atoms with Crippen molar-refractivity contribution in [2.45, 2.75) is 26.2 Å². The zero-order chi connectivity index (χ0) is 13.8. The quantitative estimate of drug-likeness (QED) is 0.871. The first-order valence-corrected chi connectivity index (χ1v) is 6.10. The van der Waals surface area contributed by atoms with Crippen molar-refractivity contribution in [1.29, 1.82) is 0 Å². The maximum atomic E-state index is 13.8. The van der Waals surface area contributed by atoms with E-state index in [1.165, 1.54) is 11.0 Å². The molecule has 1 N–H and O–H groups in total. The Balaban J connectivity index is 3.05. The summed E-state index contributed by atoms with van der Waals surface area (Å²) in [7, 11) is 0. The smallest absolute Gasteiger partial charge is 0.232 e. The van der Waals surface area contributed by atoms with Gasteiger partial charge in [0.1, 0.15) is 5.82 Å². The second kappa shape index (κ2) is 5.96. The molecule has 4 heteroatoms. The van der Waals surface area contributed by atoms with Crippen molar-refractivity contribution in [3.8, 4) is 0 Å². The van der Waals surface area contributed by atoms with Crippen LogP contribution in [-0.4, -0.2) is 35.6 Å². The van der Waals surface area contributed by atoms with Gasteiger partial charge in [0, 0.05) is 18.7 Å². The number of likely N-dealkylation sites (N-methyl/N-ethyl adjacent to an activating group) is 1. The predicted octanol–water partition coefficient (Wildman–Crippen LogP) is 1.94. The summed E-state index contributed by atoms with van der Waals surface area (Å²) in [6.07, 6.45) is 0. The summed E-state index contributed by atoms with van der Waals surface area (Å²) in [4.78, 5) is 13.9. The Hall–Kier alpha value is -1.42. The molecule has 3 nitrogen and oxygen atoms in total. The van der Waals surface area contributed by atoms with Crippen molar-refractivity contribution >= 4 is 5.91 Å². The molecule has 0 saturated carbocycles. The van der Waals surface area contributed by atoms with Crippen molar-refractivity contribution in [3.63, 3.8) is 0 Å². The third-order valence-electron chi connectivity index (χ3n) is 3.12. The number of halogens is 1. The van der Waals surface area contributed by atoms with Crippen LogP contribution in [0.3, 0.4) is 0 Å². The maximum absolute atomic E-state index is 13.8. The molecular formula is C14H20FNO2. The van der Waals surface area contributed by atoms with Crippen LogP contribution in [0.25, 0.3) is 0 Å². The Bertz CT molecular complexity index is 418. The van der Waals surface area contributed by atoms with E-state index >= 15 is 0 Å². The van der Waals surface area contributed by atoms with Crippen molar-refractivity contribution in [2.75, 3.05) is 19.7 Å². The summed E-state index contributed by atoms with van der Waals surface area (Å²) in [5, 5.41) is 8.94. The van der Waals surface area contributed by atoms with Crippen LogP contribution in [-0.2, 0) is 10.2 Å². The van der Waals surface area contributed by atoms with Crippen molar-refractivity contribution < 1.29 is 14.3 Å². The van der Waals surface area contributed by atoms with Crippen LogP contribution in [0.4, 0.5) is 4.39 Å². The number of carbonyl (C=O) groups is 1. The van der Waals surface area contributed by atoms with Gasteiger partial charge in [0.15, 0.2) is 0 Å². The largest absolute Gasteiger partial charge is 0.395 e. The fourth-order valence-corrected chi connectivity index (χ4v) is 2.00. The number of benzene rings is 1. The summed E-state index contributed by atoms with van der Waals surface area (Å²) in [6.45, 7) is 5.92. The normalized spacial score (nSPS) is 11.4. The fraction of sp³-hybridized carbons (Fsp3) is 0.500. The van der Waals surface area contributed by atoms with Gasteiger partial charge in [-0.15, -0.1) is 0 Å². The molecule has 1 amide bonds. The number of aliphatic hydroxyl groups is 1. The van der Waals surface area contributed by atoms with E-state index in [4.69, 9.17) is 5.11 Å². The Morgan fingerprint density at radius 1 is 1.39 bits per heavy atom. The molecular weight excluding hydrogens is 233 g/mol. The number of rotatable bonds is 5. The topological polar surface area (TPSA) is 40.5 Å². The van der Waals surface area contributed by atoms with Gasteiger partial charge in [0.05, 0.1) is 12.0 Å². The lowest BCUT2D eigenvalue weighted by molar-refractivity contribution is -0.136. The highest BCUT2D eigenvalue weighted by Crippen LogP contribution is 2.27. The van der Waals surface area contributed by atoms with Gasteiger partial charge < -0.3 is 10.0 Å². The second-order valence-electron chi connectivity index (χ2n) is 4.71. The van der Waals surface area contributed by atoms with E-state index in [9.17, 15) is 9.18 Å². The van der Waals surface area contributed by atoms with Crippen LogP contribution >= 0.6 is 0 Å². The molecule has 0 heterocycles. The maximum Gasteiger partial charge on any atom is 0.232 e. The Morgan fingerprint density at radius 3 is 2.50 bits per heavy atom. The Labute approximate surface area is 107 Å². The number of nitrogens with zero attached hydrogens (tertiary/aromatic N) is 1. The zero-order valence-corrected chi connectivity index (χ0v) is 11.1. The van der Waals surface area contributed by atoms with E-state index in [0.29, 0.717) is 12.1 Å². The molecule has 1 rings (SSSR count). The van der Waals surface area contributed by atoms with Gasteiger partial charge in [-0.05, 0) is 26.8 Å². The van der Waals surface area contributed by atoms with Crippen LogP contribution in [0.2, 0.25) is 0 Å². The molecule has 0 aliphatic carbocycles. The summed E-state index contributed by atoms with van der Waals surface area (Å²) < 4.78 is 13.8. The van der Waals surface area contributed by atoms with E-state index in [0.717, 1.165) is 0 Å². The van der Waals surface area contributed by atoms with E-state index in [-0.39, 0.29) is 24.9 Å². The monoisotopic (exact) mass is 253 g/mol. The van der Waals surface area contributed by atoms with Crippen LogP contribution in [0.1, 0.15) is 26.3 Å². The molecule has 0 bridgehead atoms. The summed E-state index contributed by atoms with van der Waals surface area (Å²) in [5.41, 5.74) is -0.553. The average molecular weight is 253 g/mol. The molecule has 0 spiro atoms. The molecule has 0 fully saturated rings. The molecule has 0 unspecified atom stereocenters. The fourth-order valence-electron chi connectivity index (χ4n) is 2.00. The molecule has 0 radical (unpaired) electrons. The molecule has 0 atom stereocenters. The molecule has 18 heavy (non-hydrogen) atoms. The molecule has 100 valence electrons. The number of carbonyl (C=O) groups excluding carboxylic acids is 1. The van der Waals surface area contributed by atoms with Gasteiger partial charge >= 0.3 is 0 Å². The first-order valence-electron chi connectivity index (χ1n) is 6.10. The van der Waals surface area contributed by atoms with Crippen molar-refractivity contribution in [2.24, 2.45) is 0 Å². The third-order valence-corrected chi connectivity index (χ3v) is 3.12. The number of aliphatic hydroxyl groups excluding tert-OH is 1. The second-order valence-corrected chi connectivity index (χ2v) is 4.71. The van der Waals surface area contributed by atoms with Gasteiger partial charge in [-0.3, -0.25) is 4.79 Å². The van der Waals surface area contributed by atoms with Gasteiger partial charge in [0.2, 0.25) is 5.91 Å². The van der Waals surface area contributed by atoms with Crippen LogP contribution < -0.4 is 0 Å². The molecule has 1 aromatic rings.